The summed E-state index contributed by atoms with van der Waals surface area (Å²) in [5, 5.41) is 11.0. The minimum atomic E-state index is -0.765. The number of hydrogen-bond donors (Lipinski definition) is 1. The van der Waals surface area contributed by atoms with Crippen molar-refractivity contribution in [1.82, 2.24) is 4.90 Å². The summed E-state index contributed by atoms with van der Waals surface area (Å²) in [6.45, 7) is 2.78. The average Bonchev–Trinajstić information content (AvgIpc) is 3.10. The number of likely N-dealkylation sites (tertiary alicyclic amines) is 1. The van der Waals surface area contributed by atoms with Crippen molar-refractivity contribution in [3.05, 3.63) is 60.2 Å². The molecule has 1 N–H and O–H groups in total. The van der Waals surface area contributed by atoms with Crippen LogP contribution in [0.4, 0.5) is 10.5 Å². The number of benzene rings is 2. The van der Waals surface area contributed by atoms with Crippen LogP contribution in [0.1, 0.15) is 18.4 Å². The van der Waals surface area contributed by atoms with Gasteiger partial charge in [-0.3, -0.25) is 9.80 Å². The zero-order chi connectivity index (χ0) is 19.6. The third-order valence-corrected chi connectivity index (χ3v) is 5.71. The molecular weight excluding hydrogens is 356 g/mol. The highest BCUT2D eigenvalue weighted by Crippen LogP contribution is 2.33. The number of piperidine rings is 1. The quantitative estimate of drug-likeness (QED) is 0.861. The first-order valence-electron chi connectivity index (χ1n) is 9.70. The highest BCUT2D eigenvalue weighted by atomic mass is 16.6. The highest BCUT2D eigenvalue weighted by molar-refractivity contribution is 5.89. The minimum Gasteiger partial charge on any atom is -0.497 e. The Morgan fingerprint density at radius 1 is 1.11 bits per heavy atom. The van der Waals surface area contributed by atoms with Crippen LogP contribution in [0, 0.1) is 0 Å². The van der Waals surface area contributed by atoms with Gasteiger partial charge in [-0.2, -0.15) is 0 Å². The highest BCUT2D eigenvalue weighted by Gasteiger charge is 2.37. The lowest BCUT2D eigenvalue weighted by Crippen LogP contribution is -2.45. The predicted octanol–water partition coefficient (Wildman–Crippen LogP) is 3.00. The standard InChI is InChI=1S/C22H26N2O4/c1-27-19-9-7-18(8-10-19)24-16-20(28-21(24)25)15-23-13-11-22(26,12-14-23)17-5-3-2-4-6-17/h2-10,20,26H,11-16H2,1H3/t20-/m0/s1. The maximum absolute atomic E-state index is 12.3. The molecule has 0 spiro atoms. The molecule has 1 amide bonds. The molecule has 2 aliphatic rings. The van der Waals surface area contributed by atoms with E-state index in [0.717, 1.165) is 30.1 Å². The summed E-state index contributed by atoms with van der Waals surface area (Å²) in [6.07, 6.45) is 0.880. The first kappa shape index (κ1) is 18.8. The first-order valence-corrected chi connectivity index (χ1v) is 9.70. The summed E-state index contributed by atoms with van der Waals surface area (Å²) in [5.41, 5.74) is 1.03. The molecule has 4 rings (SSSR count). The van der Waals surface area contributed by atoms with Crippen LogP contribution >= 0.6 is 0 Å². The number of hydrogen-bond acceptors (Lipinski definition) is 5. The molecule has 1 atom stereocenters. The second kappa shape index (κ2) is 7.81. The molecule has 2 aromatic carbocycles. The molecule has 28 heavy (non-hydrogen) atoms. The molecule has 148 valence electrons. The Morgan fingerprint density at radius 2 is 1.79 bits per heavy atom. The molecule has 0 saturated carbocycles. The fourth-order valence-electron chi connectivity index (χ4n) is 4.02. The van der Waals surface area contributed by atoms with Gasteiger partial charge in [-0.25, -0.2) is 4.79 Å². The third-order valence-electron chi connectivity index (χ3n) is 5.71. The number of cyclic esters (lactones) is 1. The van der Waals surface area contributed by atoms with Crippen molar-refractivity contribution < 1.29 is 19.4 Å². The van der Waals surface area contributed by atoms with Gasteiger partial charge in [-0.05, 0) is 42.7 Å². The van der Waals surface area contributed by atoms with E-state index in [2.05, 4.69) is 4.90 Å². The number of carbonyl (C=O) groups is 1. The lowest BCUT2D eigenvalue weighted by molar-refractivity contribution is -0.0325. The second-order valence-corrected chi connectivity index (χ2v) is 7.51. The fourth-order valence-corrected chi connectivity index (χ4v) is 4.02. The number of rotatable bonds is 5. The van der Waals surface area contributed by atoms with E-state index in [-0.39, 0.29) is 12.2 Å². The molecule has 2 aromatic rings. The summed E-state index contributed by atoms with van der Waals surface area (Å²) < 4.78 is 10.7. The molecule has 0 aromatic heterocycles. The normalized spacial score (nSPS) is 22.1. The van der Waals surface area contributed by atoms with Crippen molar-refractivity contribution in [2.45, 2.75) is 24.5 Å². The minimum absolute atomic E-state index is 0.169. The van der Waals surface area contributed by atoms with E-state index < -0.39 is 5.60 Å². The number of ether oxygens (including phenoxy) is 2. The molecule has 2 aliphatic heterocycles. The molecule has 6 heteroatoms. The van der Waals surface area contributed by atoms with Gasteiger partial charge >= 0.3 is 6.09 Å². The zero-order valence-electron chi connectivity index (χ0n) is 16.1. The summed E-state index contributed by atoms with van der Waals surface area (Å²) >= 11 is 0. The van der Waals surface area contributed by atoms with Crippen LogP contribution in [0.3, 0.4) is 0 Å². The molecule has 2 saturated heterocycles. The first-order chi connectivity index (χ1) is 13.6. The van der Waals surface area contributed by atoms with Crippen LogP contribution in [0.2, 0.25) is 0 Å². The Hall–Kier alpha value is -2.57. The molecule has 6 nitrogen and oxygen atoms in total. The molecule has 0 bridgehead atoms. The van der Waals surface area contributed by atoms with Gasteiger partial charge < -0.3 is 14.6 Å². The van der Waals surface area contributed by atoms with Gasteiger partial charge in [0.25, 0.3) is 0 Å². The van der Waals surface area contributed by atoms with Gasteiger partial charge in [0.05, 0.1) is 19.3 Å². The summed E-state index contributed by atoms with van der Waals surface area (Å²) in [6, 6.07) is 17.3. The van der Waals surface area contributed by atoms with Gasteiger partial charge in [0.15, 0.2) is 0 Å². The SMILES string of the molecule is COc1ccc(N2C[C@H](CN3CCC(O)(c4ccccc4)CC3)OC2=O)cc1. The Balaban J connectivity index is 1.33. The molecule has 0 aliphatic carbocycles. The van der Waals surface area contributed by atoms with E-state index in [1.807, 2.05) is 54.6 Å². The number of anilines is 1. The lowest BCUT2D eigenvalue weighted by atomic mass is 9.84. The van der Waals surface area contributed by atoms with Crippen molar-refractivity contribution >= 4 is 11.8 Å². The van der Waals surface area contributed by atoms with Crippen LogP contribution in [0.15, 0.2) is 54.6 Å². The van der Waals surface area contributed by atoms with Gasteiger partial charge in [-0.15, -0.1) is 0 Å². The van der Waals surface area contributed by atoms with E-state index in [4.69, 9.17) is 9.47 Å². The van der Waals surface area contributed by atoms with E-state index in [0.29, 0.717) is 25.9 Å². The number of methoxy groups -OCH3 is 1. The van der Waals surface area contributed by atoms with Crippen LogP contribution in [0.5, 0.6) is 5.75 Å². The van der Waals surface area contributed by atoms with Crippen LogP contribution in [-0.4, -0.2) is 55.5 Å². The molecule has 0 radical (unpaired) electrons. The smallest absolute Gasteiger partial charge is 0.414 e. The van der Waals surface area contributed by atoms with E-state index in [1.165, 1.54) is 0 Å². The van der Waals surface area contributed by atoms with Gasteiger partial charge in [0, 0.05) is 25.3 Å². The molecule has 0 unspecified atom stereocenters. The summed E-state index contributed by atoms with van der Waals surface area (Å²) in [5.74, 6) is 0.757. The molecule has 2 heterocycles. The topological polar surface area (TPSA) is 62.2 Å². The van der Waals surface area contributed by atoms with Crippen molar-refractivity contribution in [1.29, 1.82) is 0 Å². The Bertz CT molecular complexity index is 801. The van der Waals surface area contributed by atoms with Crippen LogP contribution in [-0.2, 0) is 10.3 Å². The largest absolute Gasteiger partial charge is 0.497 e. The van der Waals surface area contributed by atoms with Crippen molar-refractivity contribution in [3.63, 3.8) is 0 Å². The van der Waals surface area contributed by atoms with E-state index >= 15 is 0 Å². The van der Waals surface area contributed by atoms with E-state index in [9.17, 15) is 9.90 Å². The number of aliphatic hydroxyl groups is 1. The Labute approximate surface area is 165 Å². The van der Waals surface area contributed by atoms with Gasteiger partial charge in [-0.1, -0.05) is 30.3 Å². The van der Waals surface area contributed by atoms with E-state index in [1.54, 1.807) is 12.0 Å². The van der Waals surface area contributed by atoms with Crippen molar-refractivity contribution in [2.75, 3.05) is 38.2 Å². The third kappa shape index (κ3) is 3.84. The van der Waals surface area contributed by atoms with Crippen molar-refractivity contribution in [2.24, 2.45) is 0 Å². The lowest BCUT2D eigenvalue weighted by Gasteiger charge is -2.39. The number of carbonyl (C=O) groups excluding carboxylic acids is 1. The summed E-state index contributed by atoms with van der Waals surface area (Å²) in [7, 11) is 1.62. The molecular formula is C22H26N2O4. The number of nitrogens with zero attached hydrogens (tertiary/aromatic N) is 2. The van der Waals surface area contributed by atoms with Gasteiger partial charge in [0.2, 0.25) is 0 Å². The maximum Gasteiger partial charge on any atom is 0.414 e. The van der Waals surface area contributed by atoms with Crippen molar-refractivity contribution in [3.8, 4) is 5.75 Å². The number of amides is 1. The zero-order valence-corrected chi connectivity index (χ0v) is 16.1. The maximum atomic E-state index is 12.3. The Kier molecular flexibility index (Phi) is 5.24. The fraction of sp³-hybridized carbons (Fsp3) is 0.409. The molecule has 2 fully saturated rings. The monoisotopic (exact) mass is 382 g/mol. The van der Waals surface area contributed by atoms with Crippen LogP contribution < -0.4 is 9.64 Å². The Morgan fingerprint density at radius 3 is 2.43 bits per heavy atom. The van der Waals surface area contributed by atoms with Gasteiger partial charge in [0.1, 0.15) is 11.9 Å². The van der Waals surface area contributed by atoms with Crippen LogP contribution in [0.25, 0.3) is 0 Å². The summed E-state index contributed by atoms with van der Waals surface area (Å²) in [4.78, 5) is 16.2. The second-order valence-electron chi connectivity index (χ2n) is 7.51. The average molecular weight is 382 g/mol. The predicted molar refractivity (Wildman–Crippen MR) is 107 cm³/mol.